The molecule has 2 rings (SSSR count). The molecule has 3 nitrogen and oxygen atoms in total. The van der Waals surface area contributed by atoms with Crippen LogP contribution in [-0.4, -0.2) is 31.3 Å². The monoisotopic (exact) mass is 296 g/mol. The van der Waals surface area contributed by atoms with Crippen molar-refractivity contribution >= 4 is 17.3 Å². The largest absolute Gasteiger partial charge is 0.495 e. The lowest BCUT2D eigenvalue weighted by Crippen LogP contribution is -2.53. The van der Waals surface area contributed by atoms with E-state index >= 15 is 0 Å². The quantitative estimate of drug-likeness (QED) is 0.900. The normalized spacial score (nSPS) is 21.4. The van der Waals surface area contributed by atoms with E-state index in [1.807, 2.05) is 12.1 Å². The Labute approximate surface area is 127 Å². The van der Waals surface area contributed by atoms with Crippen molar-refractivity contribution in [1.82, 2.24) is 5.32 Å². The SMILES string of the molecule is COc1cc(N2CCC(C)(C)NC(C)(C)C2)ccc1Cl. The van der Waals surface area contributed by atoms with Gasteiger partial charge in [0.05, 0.1) is 12.1 Å². The molecule has 1 aliphatic rings. The van der Waals surface area contributed by atoms with Crippen molar-refractivity contribution in [3.05, 3.63) is 23.2 Å². The summed E-state index contributed by atoms with van der Waals surface area (Å²) in [4.78, 5) is 2.40. The summed E-state index contributed by atoms with van der Waals surface area (Å²) >= 11 is 6.11. The molecule has 0 atom stereocenters. The maximum absolute atomic E-state index is 6.11. The van der Waals surface area contributed by atoms with Gasteiger partial charge in [0.1, 0.15) is 5.75 Å². The Kier molecular flexibility index (Phi) is 4.22. The summed E-state index contributed by atoms with van der Waals surface area (Å²) < 4.78 is 5.33. The fourth-order valence-corrected chi connectivity index (χ4v) is 3.25. The van der Waals surface area contributed by atoms with Gasteiger partial charge >= 0.3 is 0 Å². The molecule has 0 amide bonds. The molecule has 1 aromatic rings. The zero-order chi connectivity index (χ0) is 15.0. The minimum Gasteiger partial charge on any atom is -0.495 e. The van der Waals surface area contributed by atoms with Crippen molar-refractivity contribution in [2.24, 2.45) is 0 Å². The molecule has 0 spiro atoms. The lowest BCUT2D eigenvalue weighted by atomic mass is 9.96. The van der Waals surface area contributed by atoms with Crippen LogP contribution in [0.2, 0.25) is 5.02 Å². The van der Waals surface area contributed by atoms with Crippen LogP contribution in [0.4, 0.5) is 5.69 Å². The van der Waals surface area contributed by atoms with Gasteiger partial charge in [-0.25, -0.2) is 0 Å². The van der Waals surface area contributed by atoms with Gasteiger partial charge < -0.3 is 15.0 Å². The molecule has 0 bridgehead atoms. The fourth-order valence-electron chi connectivity index (χ4n) is 3.05. The predicted molar refractivity (Wildman–Crippen MR) is 86.1 cm³/mol. The number of hydrogen-bond donors (Lipinski definition) is 1. The standard InChI is InChI=1S/C16H25ClN2O/c1-15(2)8-9-19(11-16(3,4)18-15)12-6-7-13(17)14(10-12)20-5/h6-7,10,18H,8-9,11H2,1-5H3. The second kappa shape index (κ2) is 5.45. The number of nitrogens with zero attached hydrogens (tertiary/aromatic N) is 1. The van der Waals surface area contributed by atoms with E-state index in [4.69, 9.17) is 16.3 Å². The molecule has 20 heavy (non-hydrogen) atoms. The van der Waals surface area contributed by atoms with Crippen LogP contribution in [-0.2, 0) is 0 Å². The number of benzene rings is 1. The van der Waals surface area contributed by atoms with Crippen LogP contribution in [0.1, 0.15) is 34.1 Å². The Bertz CT molecular complexity index is 485. The summed E-state index contributed by atoms with van der Waals surface area (Å²) in [5.74, 6) is 0.735. The van der Waals surface area contributed by atoms with Crippen LogP contribution in [0.15, 0.2) is 18.2 Å². The molecular formula is C16H25ClN2O. The number of rotatable bonds is 2. The molecule has 0 aromatic heterocycles. The van der Waals surface area contributed by atoms with Crippen molar-refractivity contribution in [3.8, 4) is 5.75 Å². The van der Waals surface area contributed by atoms with Crippen molar-refractivity contribution < 1.29 is 4.74 Å². The molecule has 1 saturated heterocycles. The third-order valence-electron chi connectivity index (χ3n) is 3.77. The zero-order valence-corrected chi connectivity index (χ0v) is 13.8. The lowest BCUT2D eigenvalue weighted by molar-refractivity contribution is 0.284. The summed E-state index contributed by atoms with van der Waals surface area (Å²) in [6.07, 6.45) is 1.10. The first-order valence-corrected chi connectivity index (χ1v) is 7.48. The Morgan fingerprint density at radius 3 is 2.55 bits per heavy atom. The number of nitrogens with one attached hydrogen (secondary N) is 1. The predicted octanol–water partition coefficient (Wildman–Crippen LogP) is 3.71. The second-order valence-corrected chi connectivity index (χ2v) is 7.29. The Hall–Kier alpha value is -0.930. The smallest absolute Gasteiger partial charge is 0.139 e. The van der Waals surface area contributed by atoms with E-state index in [2.05, 4.69) is 44.0 Å². The van der Waals surface area contributed by atoms with Crippen molar-refractivity contribution in [1.29, 1.82) is 0 Å². The van der Waals surface area contributed by atoms with Crippen LogP contribution >= 0.6 is 11.6 Å². The molecule has 1 heterocycles. The molecule has 1 fully saturated rings. The number of methoxy groups -OCH3 is 1. The van der Waals surface area contributed by atoms with Gasteiger partial charge in [-0.1, -0.05) is 11.6 Å². The molecule has 0 saturated carbocycles. The topological polar surface area (TPSA) is 24.5 Å². The van der Waals surface area contributed by atoms with Gasteiger partial charge in [-0.05, 0) is 46.2 Å². The van der Waals surface area contributed by atoms with Crippen LogP contribution in [0.5, 0.6) is 5.75 Å². The van der Waals surface area contributed by atoms with Crippen LogP contribution in [0, 0.1) is 0 Å². The highest BCUT2D eigenvalue weighted by molar-refractivity contribution is 6.32. The minimum atomic E-state index is 0.0624. The number of hydrogen-bond acceptors (Lipinski definition) is 3. The summed E-state index contributed by atoms with van der Waals surface area (Å²) in [5.41, 5.74) is 1.38. The summed E-state index contributed by atoms with van der Waals surface area (Å²) in [6, 6.07) is 6.00. The molecular weight excluding hydrogens is 272 g/mol. The highest BCUT2D eigenvalue weighted by Crippen LogP contribution is 2.32. The van der Waals surface area contributed by atoms with Gasteiger partial charge in [0.2, 0.25) is 0 Å². The van der Waals surface area contributed by atoms with Gasteiger partial charge in [0.25, 0.3) is 0 Å². The van der Waals surface area contributed by atoms with E-state index in [-0.39, 0.29) is 11.1 Å². The van der Waals surface area contributed by atoms with Crippen LogP contribution in [0.25, 0.3) is 0 Å². The zero-order valence-electron chi connectivity index (χ0n) is 13.1. The van der Waals surface area contributed by atoms with Crippen LogP contribution in [0.3, 0.4) is 0 Å². The Morgan fingerprint density at radius 2 is 1.90 bits per heavy atom. The van der Waals surface area contributed by atoms with Gasteiger partial charge in [-0.2, -0.15) is 0 Å². The molecule has 0 aliphatic carbocycles. The third kappa shape index (κ3) is 3.58. The highest BCUT2D eigenvalue weighted by atomic mass is 35.5. The van der Waals surface area contributed by atoms with Gasteiger partial charge in [-0.3, -0.25) is 0 Å². The molecule has 1 aromatic carbocycles. The fraction of sp³-hybridized carbons (Fsp3) is 0.625. The van der Waals surface area contributed by atoms with E-state index in [9.17, 15) is 0 Å². The molecule has 4 heteroatoms. The Balaban J connectivity index is 2.28. The van der Waals surface area contributed by atoms with E-state index in [1.54, 1.807) is 7.11 Å². The van der Waals surface area contributed by atoms with Crippen molar-refractivity contribution in [2.45, 2.75) is 45.2 Å². The van der Waals surface area contributed by atoms with E-state index in [1.165, 1.54) is 5.69 Å². The number of halogens is 1. The first-order chi connectivity index (χ1) is 9.22. The maximum atomic E-state index is 6.11. The third-order valence-corrected chi connectivity index (χ3v) is 4.08. The van der Waals surface area contributed by atoms with E-state index in [0.717, 1.165) is 25.3 Å². The van der Waals surface area contributed by atoms with Crippen molar-refractivity contribution in [2.75, 3.05) is 25.1 Å². The van der Waals surface area contributed by atoms with Crippen LogP contribution < -0.4 is 15.0 Å². The average Bonchev–Trinajstić information content (AvgIpc) is 2.44. The average molecular weight is 297 g/mol. The number of ether oxygens (including phenoxy) is 1. The molecule has 1 aliphatic heterocycles. The second-order valence-electron chi connectivity index (χ2n) is 6.88. The van der Waals surface area contributed by atoms with Gasteiger partial charge in [-0.15, -0.1) is 0 Å². The van der Waals surface area contributed by atoms with Crippen molar-refractivity contribution in [3.63, 3.8) is 0 Å². The lowest BCUT2D eigenvalue weighted by Gasteiger charge is -2.35. The molecule has 0 radical (unpaired) electrons. The molecule has 0 unspecified atom stereocenters. The summed E-state index contributed by atoms with van der Waals surface area (Å²) in [6.45, 7) is 11.0. The first kappa shape index (κ1) is 15.5. The Morgan fingerprint density at radius 1 is 1.20 bits per heavy atom. The van der Waals surface area contributed by atoms with Gasteiger partial charge in [0, 0.05) is 35.9 Å². The molecule has 1 N–H and O–H groups in total. The highest BCUT2D eigenvalue weighted by Gasteiger charge is 2.33. The summed E-state index contributed by atoms with van der Waals surface area (Å²) in [5, 5.41) is 4.39. The van der Waals surface area contributed by atoms with Gasteiger partial charge in [0.15, 0.2) is 0 Å². The summed E-state index contributed by atoms with van der Waals surface area (Å²) in [7, 11) is 1.65. The van der Waals surface area contributed by atoms with E-state index < -0.39 is 0 Å². The first-order valence-electron chi connectivity index (χ1n) is 7.10. The number of anilines is 1. The van der Waals surface area contributed by atoms with E-state index in [0.29, 0.717) is 5.02 Å². The molecule has 112 valence electrons. The minimum absolute atomic E-state index is 0.0624. The maximum Gasteiger partial charge on any atom is 0.139 e.